The highest BCUT2D eigenvalue weighted by Crippen LogP contribution is 2.17. The first-order chi connectivity index (χ1) is 10.1. The van der Waals surface area contributed by atoms with Crippen molar-refractivity contribution in [1.29, 1.82) is 0 Å². The van der Waals surface area contributed by atoms with Gasteiger partial charge < -0.3 is 0 Å². The van der Waals surface area contributed by atoms with Crippen LogP contribution in [0.25, 0.3) is 5.65 Å². The molecule has 0 N–H and O–H groups in total. The lowest BCUT2D eigenvalue weighted by atomic mass is 10.3. The molecule has 0 fully saturated rings. The predicted octanol–water partition coefficient (Wildman–Crippen LogP) is 3.08. The number of aryl methyl sites for hydroxylation is 1. The molecule has 0 radical (unpaired) electrons. The van der Waals surface area contributed by atoms with Crippen LogP contribution in [0.1, 0.15) is 16.1 Å². The Kier molecular flexibility index (Phi) is 3.47. The van der Waals surface area contributed by atoms with Gasteiger partial charge in [-0.1, -0.05) is 6.07 Å². The fraction of sp³-hybridized carbons (Fsp3) is 0.133. The van der Waals surface area contributed by atoms with Crippen molar-refractivity contribution in [3.8, 4) is 0 Å². The molecule has 3 aromatic heterocycles. The number of anilines is 1. The number of carbonyl (C=O) groups excluding carboxylic acids is 1. The topological polar surface area (TPSA) is 50.5 Å². The summed E-state index contributed by atoms with van der Waals surface area (Å²) >= 11 is 3.33. The molecule has 0 bridgehead atoms. The fourth-order valence-corrected chi connectivity index (χ4v) is 2.32. The van der Waals surface area contributed by atoms with Crippen LogP contribution < -0.4 is 4.90 Å². The van der Waals surface area contributed by atoms with E-state index in [-0.39, 0.29) is 5.91 Å². The summed E-state index contributed by atoms with van der Waals surface area (Å²) in [5.41, 5.74) is 2.33. The van der Waals surface area contributed by atoms with Crippen LogP contribution in [0.5, 0.6) is 0 Å². The van der Waals surface area contributed by atoms with Crippen molar-refractivity contribution in [2.45, 2.75) is 6.92 Å². The van der Waals surface area contributed by atoms with Crippen molar-refractivity contribution in [1.82, 2.24) is 14.4 Å². The highest BCUT2D eigenvalue weighted by atomic mass is 79.9. The predicted molar refractivity (Wildman–Crippen MR) is 84.6 cm³/mol. The molecule has 0 unspecified atom stereocenters. The fourth-order valence-electron chi connectivity index (χ4n) is 2.09. The molecule has 1 amide bonds. The van der Waals surface area contributed by atoms with Crippen molar-refractivity contribution in [3.63, 3.8) is 0 Å². The number of imidazole rings is 1. The lowest BCUT2D eigenvalue weighted by molar-refractivity contribution is 0.0986. The van der Waals surface area contributed by atoms with Gasteiger partial charge in [-0.15, -0.1) is 0 Å². The molecule has 5 nitrogen and oxygen atoms in total. The van der Waals surface area contributed by atoms with Crippen LogP contribution in [0, 0.1) is 6.92 Å². The first kappa shape index (κ1) is 13.8. The van der Waals surface area contributed by atoms with E-state index in [2.05, 4.69) is 25.9 Å². The molecule has 0 aliphatic rings. The molecular weight excluding hydrogens is 332 g/mol. The Hall–Kier alpha value is -2.21. The summed E-state index contributed by atoms with van der Waals surface area (Å²) in [5.74, 6) is 0.439. The summed E-state index contributed by atoms with van der Waals surface area (Å²) < 4.78 is 2.67. The maximum absolute atomic E-state index is 12.6. The number of nitrogens with zero attached hydrogens (tertiary/aromatic N) is 4. The van der Waals surface area contributed by atoms with Crippen LogP contribution in [0.4, 0.5) is 5.82 Å². The summed E-state index contributed by atoms with van der Waals surface area (Å²) in [6.45, 7) is 1.98. The van der Waals surface area contributed by atoms with Crippen molar-refractivity contribution >= 4 is 33.3 Å². The first-order valence-electron chi connectivity index (χ1n) is 6.39. The second-order valence-corrected chi connectivity index (χ2v) is 5.69. The van der Waals surface area contributed by atoms with Gasteiger partial charge in [0.1, 0.15) is 17.2 Å². The van der Waals surface area contributed by atoms with Crippen molar-refractivity contribution in [3.05, 3.63) is 58.6 Å². The monoisotopic (exact) mass is 344 g/mol. The van der Waals surface area contributed by atoms with Crippen LogP contribution in [0.2, 0.25) is 0 Å². The van der Waals surface area contributed by atoms with E-state index in [1.807, 2.05) is 31.3 Å². The molecule has 3 heterocycles. The molecule has 3 rings (SSSR count). The first-order valence-corrected chi connectivity index (χ1v) is 7.19. The van der Waals surface area contributed by atoms with Gasteiger partial charge >= 0.3 is 0 Å². The zero-order valence-electron chi connectivity index (χ0n) is 11.6. The van der Waals surface area contributed by atoms with Crippen molar-refractivity contribution < 1.29 is 4.79 Å². The SMILES string of the molecule is Cc1ccc2ncc(C(=O)N(C)c3ccc(Br)cn3)n2c1. The van der Waals surface area contributed by atoms with E-state index in [1.54, 1.807) is 29.9 Å². The Labute approximate surface area is 130 Å². The van der Waals surface area contributed by atoms with Crippen LogP contribution >= 0.6 is 15.9 Å². The summed E-state index contributed by atoms with van der Waals surface area (Å²) in [4.78, 5) is 22.6. The number of fused-ring (bicyclic) bond motifs is 1. The van der Waals surface area contributed by atoms with Gasteiger partial charge in [-0.25, -0.2) is 9.97 Å². The molecule has 6 heteroatoms. The Balaban J connectivity index is 2.00. The summed E-state index contributed by atoms with van der Waals surface area (Å²) in [6.07, 6.45) is 5.16. The van der Waals surface area contributed by atoms with Gasteiger partial charge in [0.25, 0.3) is 5.91 Å². The molecule has 0 saturated heterocycles. The van der Waals surface area contributed by atoms with Crippen LogP contribution in [0.3, 0.4) is 0 Å². The van der Waals surface area contributed by atoms with Gasteiger partial charge in [0.15, 0.2) is 0 Å². The smallest absolute Gasteiger partial charge is 0.277 e. The van der Waals surface area contributed by atoms with Gasteiger partial charge in [0.05, 0.1) is 6.20 Å². The zero-order valence-corrected chi connectivity index (χ0v) is 13.2. The normalized spacial score (nSPS) is 10.8. The molecule has 0 aliphatic carbocycles. The highest BCUT2D eigenvalue weighted by molar-refractivity contribution is 9.10. The Bertz CT molecular complexity index is 810. The summed E-state index contributed by atoms with van der Waals surface area (Å²) in [6, 6.07) is 7.50. The minimum Gasteiger partial charge on any atom is -0.295 e. The minimum atomic E-state index is -0.150. The summed E-state index contributed by atoms with van der Waals surface area (Å²) in [5, 5.41) is 0. The number of halogens is 1. The van der Waals surface area contributed by atoms with Gasteiger partial charge in [-0.05, 0) is 46.6 Å². The second-order valence-electron chi connectivity index (χ2n) is 4.78. The van der Waals surface area contributed by atoms with Crippen molar-refractivity contribution in [2.75, 3.05) is 11.9 Å². The third-order valence-corrected chi connectivity index (χ3v) is 3.70. The molecule has 0 spiro atoms. The lowest BCUT2D eigenvalue weighted by Crippen LogP contribution is -2.28. The number of carbonyl (C=O) groups is 1. The van der Waals surface area contributed by atoms with E-state index in [4.69, 9.17) is 0 Å². The Morgan fingerprint density at radius 3 is 2.71 bits per heavy atom. The number of aromatic nitrogens is 3. The summed E-state index contributed by atoms with van der Waals surface area (Å²) in [7, 11) is 1.70. The number of rotatable bonds is 2. The van der Waals surface area contributed by atoms with Gasteiger partial charge in [-0.2, -0.15) is 0 Å². The second kappa shape index (κ2) is 5.29. The molecule has 3 aromatic rings. The highest BCUT2D eigenvalue weighted by Gasteiger charge is 2.18. The van der Waals surface area contributed by atoms with Crippen LogP contribution in [-0.2, 0) is 0 Å². The van der Waals surface area contributed by atoms with Gasteiger partial charge in [0, 0.05) is 23.9 Å². The van der Waals surface area contributed by atoms with E-state index in [0.29, 0.717) is 11.5 Å². The molecular formula is C15H13BrN4O. The van der Waals surface area contributed by atoms with E-state index >= 15 is 0 Å². The Morgan fingerprint density at radius 1 is 1.19 bits per heavy atom. The molecule has 0 aromatic carbocycles. The molecule has 0 aliphatic heterocycles. The van der Waals surface area contributed by atoms with Gasteiger partial charge in [0.2, 0.25) is 0 Å². The van der Waals surface area contributed by atoms with E-state index in [9.17, 15) is 4.79 Å². The quantitative estimate of drug-likeness (QED) is 0.717. The van der Waals surface area contributed by atoms with E-state index in [1.165, 1.54) is 4.90 Å². The maximum Gasteiger partial charge on any atom is 0.277 e. The molecule has 0 saturated carbocycles. The third kappa shape index (κ3) is 2.54. The Morgan fingerprint density at radius 2 is 2.00 bits per heavy atom. The lowest BCUT2D eigenvalue weighted by Gasteiger charge is -2.15. The molecule has 106 valence electrons. The molecule has 21 heavy (non-hydrogen) atoms. The number of hydrogen-bond donors (Lipinski definition) is 0. The largest absolute Gasteiger partial charge is 0.295 e. The average molecular weight is 345 g/mol. The van der Waals surface area contributed by atoms with Crippen molar-refractivity contribution in [2.24, 2.45) is 0 Å². The van der Waals surface area contributed by atoms with Gasteiger partial charge in [-0.3, -0.25) is 14.1 Å². The number of hydrogen-bond acceptors (Lipinski definition) is 3. The molecule has 0 atom stereocenters. The standard InChI is InChI=1S/C15H13BrN4O/c1-10-3-5-14-18-8-12(20(14)9-10)15(21)19(2)13-6-4-11(16)7-17-13/h3-9H,1-2H3. The minimum absolute atomic E-state index is 0.150. The maximum atomic E-state index is 12.6. The number of amides is 1. The van der Waals surface area contributed by atoms with Crippen LogP contribution in [-0.4, -0.2) is 27.3 Å². The number of pyridine rings is 2. The van der Waals surface area contributed by atoms with E-state index in [0.717, 1.165) is 15.7 Å². The third-order valence-electron chi connectivity index (χ3n) is 3.23. The van der Waals surface area contributed by atoms with E-state index < -0.39 is 0 Å². The average Bonchev–Trinajstić information content (AvgIpc) is 2.89. The van der Waals surface area contributed by atoms with Crippen LogP contribution in [0.15, 0.2) is 47.3 Å². The zero-order chi connectivity index (χ0) is 15.0.